The van der Waals surface area contributed by atoms with Crippen LogP contribution < -0.4 is 4.90 Å². The van der Waals surface area contributed by atoms with Crippen LogP contribution in [0.5, 0.6) is 0 Å². The van der Waals surface area contributed by atoms with Gasteiger partial charge >= 0.3 is 0 Å². The topological polar surface area (TPSA) is 6.48 Å². The Morgan fingerprint density at radius 3 is 2.96 bits per heavy atom. The molecule has 2 heterocycles. The SMILES string of the molecule is CCN1CC2CC2(C2=CCC(N3CCCc4ccccc43)C=C2)C1. The highest BCUT2D eigenvalue weighted by atomic mass is 15.2. The molecule has 1 saturated heterocycles. The fourth-order valence-electron chi connectivity index (χ4n) is 5.39. The fourth-order valence-corrected chi connectivity index (χ4v) is 5.39. The van der Waals surface area contributed by atoms with E-state index >= 15 is 0 Å². The zero-order valence-electron chi connectivity index (χ0n) is 14.7. The molecule has 2 fully saturated rings. The van der Waals surface area contributed by atoms with Gasteiger partial charge in [-0.15, -0.1) is 0 Å². The minimum absolute atomic E-state index is 0.525. The Morgan fingerprint density at radius 2 is 2.17 bits per heavy atom. The summed E-state index contributed by atoms with van der Waals surface area (Å²) >= 11 is 0. The summed E-state index contributed by atoms with van der Waals surface area (Å²) in [6.07, 6.45) is 12.7. The molecule has 3 atom stereocenters. The van der Waals surface area contributed by atoms with E-state index in [1.54, 1.807) is 5.57 Å². The molecule has 0 amide bonds. The van der Waals surface area contributed by atoms with Crippen LogP contribution in [0.3, 0.4) is 0 Å². The number of nitrogens with zero attached hydrogens (tertiary/aromatic N) is 2. The molecule has 2 heteroatoms. The molecule has 5 rings (SSSR count). The lowest BCUT2D eigenvalue weighted by Gasteiger charge is -2.38. The van der Waals surface area contributed by atoms with E-state index in [2.05, 4.69) is 59.2 Å². The van der Waals surface area contributed by atoms with E-state index in [0.717, 1.165) is 5.92 Å². The third kappa shape index (κ3) is 2.19. The number of benzene rings is 1. The van der Waals surface area contributed by atoms with E-state index in [-0.39, 0.29) is 0 Å². The number of hydrogen-bond acceptors (Lipinski definition) is 2. The zero-order chi connectivity index (χ0) is 16.1. The van der Waals surface area contributed by atoms with Crippen LogP contribution in [0.4, 0.5) is 5.69 Å². The summed E-state index contributed by atoms with van der Waals surface area (Å²) in [5.74, 6) is 0.931. The summed E-state index contributed by atoms with van der Waals surface area (Å²) < 4.78 is 0. The lowest BCUT2D eigenvalue weighted by atomic mass is 9.88. The Morgan fingerprint density at radius 1 is 1.25 bits per heavy atom. The van der Waals surface area contributed by atoms with Crippen molar-refractivity contribution in [2.75, 3.05) is 31.1 Å². The first kappa shape index (κ1) is 14.8. The second-order valence-electron chi connectivity index (χ2n) is 8.13. The van der Waals surface area contributed by atoms with Crippen molar-refractivity contribution >= 4 is 5.69 Å². The molecule has 0 N–H and O–H groups in total. The number of fused-ring (bicyclic) bond motifs is 2. The molecule has 1 saturated carbocycles. The molecule has 2 aliphatic carbocycles. The maximum absolute atomic E-state index is 2.64. The van der Waals surface area contributed by atoms with Crippen molar-refractivity contribution in [2.45, 2.75) is 38.6 Å². The number of aryl methyl sites for hydroxylation is 1. The molecule has 1 aromatic carbocycles. The van der Waals surface area contributed by atoms with Gasteiger partial charge in [-0.05, 0) is 55.3 Å². The van der Waals surface area contributed by atoms with Crippen LogP contribution in [-0.2, 0) is 6.42 Å². The van der Waals surface area contributed by atoms with E-state index < -0.39 is 0 Å². The van der Waals surface area contributed by atoms with Gasteiger partial charge in [-0.2, -0.15) is 0 Å². The molecule has 0 aromatic heterocycles. The van der Waals surface area contributed by atoms with Gasteiger partial charge in [0.1, 0.15) is 0 Å². The van der Waals surface area contributed by atoms with Crippen LogP contribution in [-0.4, -0.2) is 37.1 Å². The number of likely N-dealkylation sites (tertiary alicyclic amines) is 1. The van der Waals surface area contributed by atoms with Gasteiger partial charge in [-0.1, -0.05) is 43.4 Å². The number of piperidine rings is 1. The molecular formula is C22H28N2. The van der Waals surface area contributed by atoms with E-state index in [1.165, 1.54) is 63.1 Å². The molecule has 1 aromatic rings. The Kier molecular flexibility index (Phi) is 3.38. The lowest BCUT2D eigenvalue weighted by molar-refractivity contribution is 0.306. The first-order chi connectivity index (χ1) is 11.8. The van der Waals surface area contributed by atoms with Crippen LogP contribution in [0.2, 0.25) is 0 Å². The van der Waals surface area contributed by atoms with E-state index in [0.29, 0.717) is 11.5 Å². The van der Waals surface area contributed by atoms with Crippen molar-refractivity contribution < 1.29 is 0 Å². The van der Waals surface area contributed by atoms with Gasteiger partial charge in [0, 0.05) is 30.7 Å². The molecule has 0 spiro atoms. The molecule has 3 unspecified atom stereocenters. The van der Waals surface area contributed by atoms with Crippen molar-refractivity contribution in [3.8, 4) is 0 Å². The Balaban J connectivity index is 1.33. The summed E-state index contributed by atoms with van der Waals surface area (Å²) in [6.45, 7) is 7.33. The lowest BCUT2D eigenvalue weighted by Crippen LogP contribution is -2.38. The van der Waals surface area contributed by atoms with E-state index in [1.807, 2.05) is 0 Å². The van der Waals surface area contributed by atoms with Gasteiger partial charge in [0.2, 0.25) is 0 Å². The highest BCUT2D eigenvalue weighted by Crippen LogP contribution is 2.63. The summed E-state index contributed by atoms with van der Waals surface area (Å²) in [7, 11) is 0. The minimum atomic E-state index is 0.525. The summed E-state index contributed by atoms with van der Waals surface area (Å²) in [4.78, 5) is 5.27. The van der Waals surface area contributed by atoms with Gasteiger partial charge in [-0.25, -0.2) is 0 Å². The van der Waals surface area contributed by atoms with Crippen molar-refractivity contribution in [2.24, 2.45) is 11.3 Å². The van der Waals surface area contributed by atoms with Gasteiger partial charge in [0.25, 0.3) is 0 Å². The Hall–Kier alpha value is -1.54. The highest BCUT2D eigenvalue weighted by Gasteiger charge is 2.60. The standard InChI is InChI=1S/C22H28N2/c1-2-23-15-19-14-22(19,16-23)18-9-11-20(12-10-18)24-13-5-7-17-6-3-4-8-21(17)24/h3-4,6,8-11,19-20H,2,5,7,12-16H2,1H3. The van der Waals surface area contributed by atoms with Crippen molar-refractivity contribution in [3.05, 3.63) is 53.6 Å². The first-order valence-electron chi connectivity index (χ1n) is 9.76. The smallest absolute Gasteiger partial charge is 0.0510 e. The molecule has 0 radical (unpaired) electrons. The second kappa shape index (κ2) is 5.49. The summed E-state index contributed by atoms with van der Waals surface area (Å²) in [6, 6.07) is 9.54. The Labute approximate surface area is 145 Å². The monoisotopic (exact) mass is 320 g/mol. The predicted octanol–water partition coefficient (Wildman–Crippen LogP) is 4.04. The van der Waals surface area contributed by atoms with Gasteiger partial charge in [0.05, 0.1) is 6.04 Å². The third-order valence-corrected chi connectivity index (χ3v) is 6.86. The van der Waals surface area contributed by atoms with Crippen molar-refractivity contribution in [1.82, 2.24) is 4.90 Å². The highest BCUT2D eigenvalue weighted by molar-refractivity contribution is 5.57. The average Bonchev–Trinajstić information content (AvgIpc) is 3.23. The number of rotatable bonds is 3. The largest absolute Gasteiger partial charge is 0.365 e. The predicted molar refractivity (Wildman–Crippen MR) is 100 cm³/mol. The molecule has 2 aliphatic heterocycles. The van der Waals surface area contributed by atoms with Crippen molar-refractivity contribution in [3.63, 3.8) is 0 Å². The van der Waals surface area contributed by atoms with Crippen LogP contribution in [0, 0.1) is 11.3 Å². The summed E-state index contributed by atoms with van der Waals surface area (Å²) in [5.41, 5.74) is 5.17. The zero-order valence-corrected chi connectivity index (χ0v) is 14.7. The Bertz CT molecular complexity index is 704. The van der Waals surface area contributed by atoms with Crippen LogP contribution in [0.25, 0.3) is 0 Å². The van der Waals surface area contributed by atoms with Gasteiger partial charge < -0.3 is 9.80 Å². The maximum Gasteiger partial charge on any atom is 0.0510 e. The quantitative estimate of drug-likeness (QED) is 0.829. The summed E-state index contributed by atoms with van der Waals surface area (Å²) in [5, 5.41) is 0. The van der Waals surface area contributed by atoms with Gasteiger partial charge in [-0.3, -0.25) is 0 Å². The molecule has 4 aliphatic rings. The number of para-hydroxylation sites is 1. The fraction of sp³-hybridized carbons (Fsp3) is 0.545. The molecular weight excluding hydrogens is 292 g/mol. The van der Waals surface area contributed by atoms with Gasteiger partial charge in [0.15, 0.2) is 0 Å². The number of hydrogen-bond donors (Lipinski definition) is 0. The molecule has 0 bridgehead atoms. The van der Waals surface area contributed by atoms with Crippen LogP contribution in [0.1, 0.15) is 31.7 Å². The third-order valence-electron chi connectivity index (χ3n) is 6.86. The van der Waals surface area contributed by atoms with Crippen molar-refractivity contribution in [1.29, 1.82) is 0 Å². The first-order valence-corrected chi connectivity index (χ1v) is 9.76. The maximum atomic E-state index is 2.64. The van der Waals surface area contributed by atoms with E-state index in [9.17, 15) is 0 Å². The number of anilines is 1. The molecule has 24 heavy (non-hydrogen) atoms. The normalized spacial score (nSPS) is 34.7. The van der Waals surface area contributed by atoms with Crippen LogP contribution in [0.15, 0.2) is 48.1 Å². The second-order valence-corrected chi connectivity index (χ2v) is 8.13. The molecule has 2 nitrogen and oxygen atoms in total. The average molecular weight is 320 g/mol. The number of allylic oxidation sites excluding steroid dienone is 1. The molecule has 126 valence electrons. The van der Waals surface area contributed by atoms with Crippen LogP contribution >= 0.6 is 0 Å². The minimum Gasteiger partial charge on any atom is -0.365 e. The van der Waals surface area contributed by atoms with E-state index in [4.69, 9.17) is 0 Å².